The number of unbranched alkanes of at least 4 members (excludes halogenated alkanes) is 41. The van der Waals surface area contributed by atoms with E-state index in [0.29, 0.717) is 17.4 Å². The summed E-state index contributed by atoms with van der Waals surface area (Å²) in [5.74, 6) is -0.535. The molecule has 0 radical (unpaired) electrons. The lowest BCUT2D eigenvalue weighted by molar-refractivity contribution is -0.870. The van der Waals surface area contributed by atoms with Gasteiger partial charge in [-0.1, -0.05) is 318 Å². The minimum atomic E-state index is -4.71. The van der Waals surface area contributed by atoms with Gasteiger partial charge < -0.3 is 28.5 Å². The van der Waals surface area contributed by atoms with Gasteiger partial charge >= 0.3 is 5.97 Å². The molecule has 0 saturated carbocycles. The van der Waals surface area contributed by atoms with Crippen LogP contribution in [0.1, 0.15) is 355 Å². The van der Waals surface area contributed by atoms with Crippen LogP contribution in [0.5, 0.6) is 0 Å². The number of esters is 1. The van der Waals surface area contributed by atoms with Gasteiger partial charge in [0, 0.05) is 12.8 Å². The highest BCUT2D eigenvalue weighted by atomic mass is 31.2. The van der Waals surface area contributed by atoms with E-state index in [9.17, 15) is 19.0 Å². The maximum Gasteiger partial charge on any atom is 0.306 e. The molecule has 0 bridgehead atoms. The van der Waals surface area contributed by atoms with Gasteiger partial charge in [-0.3, -0.25) is 14.2 Å². The molecule has 9 nitrogen and oxygen atoms in total. The van der Waals surface area contributed by atoms with Crippen molar-refractivity contribution in [2.75, 3.05) is 40.9 Å². The summed E-state index contributed by atoms with van der Waals surface area (Å²) in [7, 11) is 1.19. The van der Waals surface area contributed by atoms with Crippen LogP contribution in [0.4, 0.5) is 0 Å². The Balaban J connectivity index is 5.03. The zero-order valence-electron chi connectivity index (χ0n) is 59.4. The minimum absolute atomic E-state index is 0.0244. The second-order valence-corrected chi connectivity index (χ2v) is 28.2. The molecule has 3 unspecified atom stereocenters. The Morgan fingerprint density at radius 3 is 1.04 bits per heavy atom. The molecule has 1 N–H and O–H groups in total. The molecule has 0 aromatic heterocycles. The van der Waals surface area contributed by atoms with Crippen LogP contribution in [0.3, 0.4) is 0 Å². The number of phosphoric acid groups is 1. The molecule has 3 atom stereocenters. The van der Waals surface area contributed by atoms with Gasteiger partial charge in [-0.25, -0.2) is 0 Å². The van der Waals surface area contributed by atoms with Gasteiger partial charge in [0.2, 0.25) is 5.91 Å². The summed E-state index contributed by atoms with van der Waals surface area (Å²) in [6, 6.07) is -0.895. The topological polar surface area (TPSA) is 114 Å². The Morgan fingerprint density at radius 1 is 0.393 bits per heavy atom. The summed E-state index contributed by atoms with van der Waals surface area (Å²) in [6.07, 6.45) is 91.3. The Bertz CT molecular complexity index is 1800. The van der Waals surface area contributed by atoms with Crippen LogP contribution >= 0.6 is 7.82 Å². The normalized spacial score (nSPS) is 13.9. The van der Waals surface area contributed by atoms with Gasteiger partial charge in [-0.15, -0.1) is 0 Å². The van der Waals surface area contributed by atoms with Crippen LogP contribution in [-0.4, -0.2) is 69.4 Å². The van der Waals surface area contributed by atoms with Crippen molar-refractivity contribution in [3.63, 3.8) is 0 Å². The van der Waals surface area contributed by atoms with Crippen LogP contribution in [0, 0.1) is 0 Å². The van der Waals surface area contributed by atoms with Crippen molar-refractivity contribution in [3.05, 3.63) is 85.1 Å². The third-order valence-electron chi connectivity index (χ3n) is 16.8. The second kappa shape index (κ2) is 68.1. The van der Waals surface area contributed by atoms with Crippen LogP contribution in [0.2, 0.25) is 0 Å². The van der Waals surface area contributed by atoms with Crippen LogP contribution < -0.4 is 10.2 Å². The van der Waals surface area contributed by atoms with E-state index in [2.05, 4.69) is 99.0 Å². The van der Waals surface area contributed by atoms with E-state index in [1.165, 1.54) is 238 Å². The zero-order chi connectivity index (χ0) is 64.9. The van der Waals surface area contributed by atoms with Crippen molar-refractivity contribution >= 4 is 19.7 Å². The maximum absolute atomic E-state index is 13.6. The number of carbonyl (C=O) groups is 2. The first kappa shape index (κ1) is 86.2. The summed E-state index contributed by atoms with van der Waals surface area (Å²) < 4.78 is 30.5. The number of hydrogen-bond donors (Lipinski definition) is 1. The highest BCUT2D eigenvalue weighted by Gasteiger charge is 2.27. The van der Waals surface area contributed by atoms with E-state index in [1.54, 1.807) is 0 Å². The molecule has 1 amide bonds. The van der Waals surface area contributed by atoms with E-state index in [0.717, 1.165) is 83.5 Å². The predicted molar refractivity (Wildman–Crippen MR) is 385 cm³/mol. The van der Waals surface area contributed by atoms with Crippen molar-refractivity contribution in [1.29, 1.82) is 0 Å². The number of quaternary nitrogens is 1. The van der Waals surface area contributed by atoms with E-state index in [4.69, 9.17) is 13.8 Å². The highest BCUT2D eigenvalue weighted by molar-refractivity contribution is 7.45. The molecule has 0 aromatic carbocycles. The lowest BCUT2D eigenvalue weighted by atomic mass is 10.0. The average Bonchev–Trinajstić information content (AvgIpc) is 3.63. The standard InChI is InChI=1S/C79H145N2O7P/c1-7-10-13-16-19-22-25-28-30-32-34-36-38-39-40-41-43-45-47-49-51-54-57-60-63-66-69-72-79(83)88-77(70-67-64-61-58-55-52-27-24-21-18-15-12-9-3)76(75-87-89(84,85)86-74-73-81(4,5)6)80-78(82)71-68-65-62-59-56-53-50-48-46-44-42-37-35-33-31-29-26-23-20-17-14-11-8-2/h19-20,22-23,28-31,34,36,39-40,67,70,76-77H,7-18,21,24-27,32-33,35,37-38,41-66,68-69,71-75H2,1-6H3,(H-,80,82,84,85)/b22-19-,23-20-,30-28-,31-29-,36-34-,40-39-,70-67+. The Kier molecular flexibility index (Phi) is 65.9. The van der Waals surface area contributed by atoms with Gasteiger partial charge in [0.1, 0.15) is 19.3 Å². The molecule has 518 valence electrons. The lowest BCUT2D eigenvalue weighted by Crippen LogP contribution is -2.47. The quantitative estimate of drug-likeness (QED) is 0.0212. The molecule has 0 rings (SSSR count). The van der Waals surface area contributed by atoms with E-state index in [1.807, 2.05) is 33.3 Å². The summed E-state index contributed by atoms with van der Waals surface area (Å²) in [5.41, 5.74) is 0. The number of allylic oxidation sites excluding steroid dienone is 13. The Labute approximate surface area is 552 Å². The van der Waals surface area contributed by atoms with Gasteiger partial charge in [-0.05, 0) is 109 Å². The van der Waals surface area contributed by atoms with Crippen LogP contribution in [-0.2, 0) is 27.9 Å². The fraction of sp³-hybridized carbons (Fsp3) is 0.797. The molecular formula is C79H145N2O7P. The second-order valence-electron chi connectivity index (χ2n) is 26.8. The zero-order valence-corrected chi connectivity index (χ0v) is 60.3. The van der Waals surface area contributed by atoms with Crippen LogP contribution in [0.15, 0.2) is 85.1 Å². The highest BCUT2D eigenvalue weighted by Crippen LogP contribution is 2.38. The number of hydrogen-bond acceptors (Lipinski definition) is 7. The molecule has 89 heavy (non-hydrogen) atoms. The van der Waals surface area contributed by atoms with E-state index < -0.39 is 20.0 Å². The third-order valence-corrected chi connectivity index (χ3v) is 17.8. The van der Waals surface area contributed by atoms with Crippen molar-refractivity contribution in [1.82, 2.24) is 5.32 Å². The Hall–Kier alpha value is -2.81. The number of likely N-dealkylation sites (N-methyl/N-ethyl adjacent to an activating group) is 1. The number of amides is 1. The van der Waals surface area contributed by atoms with E-state index >= 15 is 0 Å². The smallest absolute Gasteiger partial charge is 0.306 e. The number of carbonyl (C=O) groups excluding carboxylic acids is 2. The minimum Gasteiger partial charge on any atom is -0.756 e. The summed E-state index contributed by atoms with van der Waals surface area (Å²) >= 11 is 0. The molecule has 0 aliphatic rings. The maximum atomic E-state index is 13.6. The van der Waals surface area contributed by atoms with Crippen molar-refractivity contribution in [2.45, 2.75) is 367 Å². The molecule has 0 heterocycles. The van der Waals surface area contributed by atoms with Gasteiger partial charge in [0.05, 0.1) is 33.8 Å². The molecular weight excluding hydrogens is 1120 g/mol. The average molecular weight is 1270 g/mol. The third kappa shape index (κ3) is 69.4. The monoisotopic (exact) mass is 1270 g/mol. The van der Waals surface area contributed by atoms with Gasteiger partial charge in [0.15, 0.2) is 0 Å². The van der Waals surface area contributed by atoms with Crippen molar-refractivity contribution < 1.29 is 37.3 Å². The molecule has 0 saturated heterocycles. The first-order chi connectivity index (χ1) is 43.4. The molecule has 0 spiro atoms. The number of rotatable bonds is 69. The first-order valence-corrected chi connectivity index (χ1v) is 39.4. The lowest BCUT2D eigenvalue weighted by Gasteiger charge is -2.30. The summed E-state index contributed by atoms with van der Waals surface area (Å²) in [6.45, 7) is 6.83. The van der Waals surface area contributed by atoms with Gasteiger partial charge in [-0.2, -0.15) is 0 Å². The Morgan fingerprint density at radius 2 is 0.685 bits per heavy atom. The fourth-order valence-corrected chi connectivity index (χ4v) is 11.7. The predicted octanol–water partition coefficient (Wildman–Crippen LogP) is 23.8. The number of ether oxygens (including phenoxy) is 1. The first-order valence-electron chi connectivity index (χ1n) is 37.9. The van der Waals surface area contributed by atoms with E-state index in [-0.39, 0.29) is 31.5 Å². The largest absolute Gasteiger partial charge is 0.756 e. The number of nitrogens with one attached hydrogen (secondary N) is 1. The molecule has 0 aliphatic heterocycles. The van der Waals surface area contributed by atoms with Crippen molar-refractivity contribution in [2.24, 2.45) is 0 Å². The SMILES string of the molecule is CCCCC/C=C\C/C=C\C/C=C\C/C=C\CCCCCCCCCCCCCC(=O)OC(/C=C/CCCCCCCCCCCCC)C(COP(=O)([O-])OCC[N+](C)(C)C)NC(=O)CCCCCCCCCCCCCCC/C=C\C/C=C\CCCCC. The fourth-order valence-electron chi connectivity index (χ4n) is 11.0. The van der Waals surface area contributed by atoms with Gasteiger partial charge in [0.25, 0.3) is 7.82 Å². The molecule has 0 fully saturated rings. The molecule has 0 aliphatic carbocycles. The summed E-state index contributed by atoms with van der Waals surface area (Å²) in [4.78, 5) is 40.3. The van der Waals surface area contributed by atoms with Crippen molar-refractivity contribution in [3.8, 4) is 0 Å². The molecule has 0 aromatic rings. The van der Waals surface area contributed by atoms with Crippen LogP contribution in [0.25, 0.3) is 0 Å². The number of nitrogens with zero attached hydrogens (tertiary/aromatic N) is 1. The number of phosphoric ester groups is 1. The summed E-state index contributed by atoms with van der Waals surface area (Å²) in [5, 5.41) is 3.05. The molecule has 10 heteroatoms.